The van der Waals surface area contributed by atoms with E-state index >= 15 is 0 Å². The van der Waals surface area contributed by atoms with E-state index in [1.165, 1.54) is 38.5 Å². The van der Waals surface area contributed by atoms with Crippen LogP contribution < -0.4 is 0 Å². The second-order valence-corrected chi connectivity index (χ2v) is 7.08. The molecule has 0 radical (unpaired) electrons. The van der Waals surface area contributed by atoms with E-state index in [0.717, 1.165) is 44.1 Å². The Morgan fingerprint density at radius 2 is 1.25 bits per heavy atom. The van der Waals surface area contributed by atoms with Crippen molar-refractivity contribution in [2.24, 2.45) is 0 Å². The monoisotopic (exact) mass is 332 g/mol. The first-order valence-electron chi connectivity index (χ1n) is 9.96. The molecule has 0 heterocycles. The van der Waals surface area contributed by atoms with Gasteiger partial charge in [-0.05, 0) is 18.4 Å². The number of unbranched alkanes of at least 4 members (excludes halogenated alkanes) is 8. The van der Waals surface area contributed by atoms with E-state index in [1.54, 1.807) is 0 Å². The molecular formula is C22H36O2. The SMILES string of the molecule is CCCCCCCCC(CCCCCC)(C(=O)O)c1ccccc1. The van der Waals surface area contributed by atoms with Gasteiger partial charge in [0.15, 0.2) is 0 Å². The van der Waals surface area contributed by atoms with E-state index in [1.807, 2.05) is 30.3 Å². The molecule has 0 saturated heterocycles. The highest BCUT2D eigenvalue weighted by Gasteiger charge is 2.38. The first-order valence-corrected chi connectivity index (χ1v) is 9.96. The number of benzene rings is 1. The molecule has 0 aliphatic heterocycles. The van der Waals surface area contributed by atoms with Crippen molar-refractivity contribution in [3.05, 3.63) is 35.9 Å². The lowest BCUT2D eigenvalue weighted by Crippen LogP contribution is -2.36. The maximum Gasteiger partial charge on any atom is 0.314 e. The number of carbonyl (C=O) groups is 1. The molecule has 0 bridgehead atoms. The molecular weight excluding hydrogens is 296 g/mol. The molecule has 1 aromatic carbocycles. The van der Waals surface area contributed by atoms with Crippen LogP contribution in [0.3, 0.4) is 0 Å². The predicted octanol–water partition coefficient (Wildman–Crippen LogP) is 6.73. The third kappa shape index (κ3) is 6.67. The molecule has 1 N–H and O–H groups in total. The molecule has 0 fully saturated rings. The zero-order valence-electron chi connectivity index (χ0n) is 15.7. The molecule has 2 heteroatoms. The van der Waals surface area contributed by atoms with Crippen molar-refractivity contribution in [1.82, 2.24) is 0 Å². The molecule has 0 aliphatic rings. The topological polar surface area (TPSA) is 37.3 Å². The molecule has 136 valence electrons. The Morgan fingerprint density at radius 1 is 0.792 bits per heavy atom. The highest BCUT2D eigenvalue weighted by atomic mass is 16.4. The fraction of sp³-hybridized carbons (Fsp3) is 0.682. The van der Waals surface area contributed by atoms with Crippen molar-refractivity contribution in [1.29, 1.82) is 0 Å². The molecule has 24 heavy (non-hydrogen) atoms. The van der Waals surface area contributed by atoms with Gasteiger partial charge >= 0.3 is 5.97 Å². The quantitative estimate of drug-likeness (QED) is 0.383. The number of carboxylic acids is 1. The Hall–Kier alpha value is -1.31. The number of aliphatic carboxylic acids is 1. The molecule has 0 aromatic heterocycles. The van der Waals surface area contributed by atoms with Crippen molar-refractivity contribution >= 4 is 5.97 Å². The van der Waals surface area contributed by atoms with Crippen LogP contribution in [-0.2, 0) is 10.2 Å². The first kappa shape index (κ1) is 20.7. The summed E-state index contributed by atoms with van der Waals surface area (Å²) < 4.78 is 0. The summed E-state index contributed by atoms with van der Waals surface area (Å²) in [7, 11) is 0. The second kappa shape index (κ2) is 12.1. The lowest BCUT2D eigenvalue weighted by atomic mass is 9.72. The van der Waals surface area contributed by atoms with Gasteiger partial charge in [0.05, 0.1) is 5.41 Å². The van der Waals surface area contributed by atoms with Crippen LogP contribution in [0, 0.1) is 0 Å². The van der Waals surface area contributed by atoms with Gasteiger partial charge in [-0.2, -0.15) is 0 Å². The normalized spacial score (nSPS) is 13.6. The summed E-state index contributed by atoms with van der Waals surface area (Å²) in [4.78, 5) is 12.3. The Balaban J connectivity index is 2.74. The summed E-state index contributed by atoms with van der Waals surface area (Å²) in [6, 6.07) is 9.93. The summed E-state index contributed by atoms with van der Waals surface area (Å²) in [5, 5.41) is 10.1. The van der Waals surface area contributed by atoms with Crippen LogP contribution in [0.15, 0.2) is 30.3 Å². The predicted molar refractivity (Wildman–Crippen MR) is 103 cm³/mol. The van der Waals surface area contributed by atoms with Gasteiger partial charge in [-0.15, -0.1) is 0 Å². The first-order chi connectivity index (χ1) is 11.7. The number of rotatable bonds is 14. The van der Waals surface area contributed by atoms with E-state index in [-0.39, 0.29) is 0 Å². The zero-order chi connectivity index (χ0) is 17.7. The molecule has 2 nitrogen and oxygen atoms in total. The molecule has 0 aliphatic carbocycles. The van der Waals surface area contributed by atoms with Gasteiger partial charge in [0.25, 0.3) is 0 Å². The number of hydrogen-bond donors (Lipinski definition) is 1. The molecule has 0 amide bonds. The summed E-state index contributed by atoms with van der Waals surface area (Å²) in [5.41, 5.74) is 0.294. The lowest BCUT2D eigenvalue weighted by Gasteiger charge is -2.30. The van der Waals surface area contributed by atoms with Crippen molar-refractivity contribution in [2.45, 2.75) is 96.3 Å². The van der Waals surface area contributed by atoms with Gasteiger partial charge < -0.3 is 5.11 Å². The van der Waals surface area contributed by atoms with E-state index in [2.05, 4.69) is 13.8 Å². The van der Waals surface area contributed by atoms with Gasteiger partial charge in [0.1, 0.15) is 0 Å². The highest BCUT2D eigenvalue weighted by molar-refractivity contribution is 5.81. The Bertz CT molecular complexity index is 441. The standard InChI is InChI=1S/C22H36O2/c1-3-5-7-9-10-15-19-22(21(23)24,18-14-8-6-4-2)20-16-12-11-13-17-20/h11-13,16-17H,3-10,14-15,18-19H2,1-2H3,(H,23,24). The van der Waals surface area contributed by atoms with Gasteiger partial charge in [0, 0.05) is 0 Å². The average molecular weight is 333 g/mol. The smallest absolute Gasteiger partial charge is 0.314 e. The maximum atomic E-state index is 12.3. The van der Waals surface area contributed by atoms with Crippen molar-refractivity contribution in [3.63, 3.8) is 0 Å². The molecule has 0 spiro atoms. The van der Waals surface area contributed by atoms with E-state index < -0.39 is 11.4 Å². The summed E-state index contributed by atoms with van der Waals surface area (Å²) >= 11 is 0. The van der Waals surface area contributed by atoms with Crippen LogP contribution in [0.5, 0.6) is 0 Å². The van der Waals surface area contributed by atoms with Crippen LogP contribution in [0.1, 0.15) is 96.5 Å². The van der Waals surface area contributed by atoms with Crippen LogP contribution in [-0.4, -0.2) is 11.1 Å². The van der Waals surface area contributed by atoms with Crippen molar-refractivity contribution in [3.8, 4) is 0 Å². The molecule has 0 saturated carbocycles. The third-order valence-electron chi connectivity index (χ3n) is 5.15. The zero-order valence-corrected chi connectivity index (χ0v) is 15.7. The molecule has 1 atom stereocenters. The van der Waals surface area contributed by atoms with E-state index in [4.69, 9.17) is 0 Å². The van der Waals surface area contributed by atoms with Crippen LogP contribution in [0.4, 0.5) is 0 Å². The summed E-state index contributed by atoms with van der Waals surface area (Å²) in [5.74, 6) is -0.640. The van der Waals surface area contributed by atoms with Crippen LogP contribution in [0.2, 0.25) is 0 Å². The third-order valence-corrected chi connectivity index (χ3v) is 5.15. The van der Waals surface area contributed by atoms with Crippen molar-refractivity contribution in [2.75, 3.05) is 0 Å². The minimum atomic E-state index is -0.695. The maximum absolute atomic E-state index is 12.3. The Kier molecular flexibility index (Phi) is 10.5. The average Bonchev–Trinajstić information content (AvgIpc) is 2.60. The van der Waals surface area contributed by atoms with Gasteiger partial charge in [-0.1, -0.05) is 108 Å². The number of hydrogen-bond acceptors (Lipinski definition) is 1. The van der Waals surface area contributed by atoms with Crippen LogP contribution >= 0.6 is 0 Å². The Labute approximate surface area is 148 Å². The Morgan fingerprint density at radius 3 is 1.75 bits per heavy atom. The summed E-state index contributed by atoms with van der Waals surface area (Å²) in [6.45, 7) is 4.42. The fourth-order valence-electron chi connectivity index (χ4n) is 3.57. The molecule has 1 aromatic rings. The van der Waals surface area contributed by atoms with E-state index in [0.29, 0.717) is 0 Å². The summed E-state index contributed by atoms with van der Waals surface area (Å²) in [6.07, 6.45) is 13.3. The molecule has 1 rings (SSSR count). The minimum Gasteiger partial charge on any atom is -0.481 e. The van der Waals surface area contributed by atoms with Gasteiger partial charge in [0.2, 0.25) is 0 Å². The second-order valence-electron chi connectivity index (χ2n) is 7.08. The molecule has 1 unspecified atom stereocenters. The highest BCUT2D eigenvalue weighted by Crippen LogP contribution is 2.36. The van der Waals surface area contributed by atoms with Gasteiger partial charge in [-0.25, -0.2) is 0 Å². The van der Waals surface area contributed by atoms with Crippen LogP contribution in [0.25, 0.3) is 0 Å². The largest absolute Gasteiger partial charge is 0.481 e. The van der Waals surface area contributed by atoms with E-state index in [9.17, 15) is 9.90 Å². The lowest BCUT2D eigenvalue weighted by molar-refractivity contribution is -0.144. The minimum absolute atomic E-state index is 0.640. The number of carboxylic acid groups (broad SMARTS) is 1. The fourth-order valence-corrected chi connectivity index (χ4v) is 3.57. The van der Waals surface area contributed by atoms with Crippen molar-refractivity contribution < 1.29 is 9.90 Å². The van der Waals surface area contributed by atoms with Gasteiger partial charge in [-0.3, -0.25) is 4.79 Å².